The van der Waals surface area contributed by atoms with Crippen LogP contribution in [0, 0.1) is 0 Å². The number of hydrogen-bond donors (Lipinski definition) is 0. The van der Waals surface area contributed by atoms with Gasteiger partial charge < -0.3 is 14.0 Å². The van der Waals surface area contributed by atoms with Gasteiger partial charge in [0.15, 0.2) is 0 Å². The highest BCUT2D eigenvalue weighted by Crippen LogP contribution is 2.36. The van der Waals surface area contributed by atoms with Gasteiger partial charge in [0.2, 0.25) is 0 Å². The van der Waals surface area contributed by atoms with Gasteiger partial charge in [0.1, 0.15) is 0 Å². The molecule has 0 saturated carbocycles. The molecule has 0 aromatic carbocycles. The zero-order valence-corrected chi connectivity index (χ0v) is 12.7. The molecule has 0 spiro atoms. The molecule has 1 aromatic rings. The molecule has 5 heteroatoms. The van der Waals surface area contributed by atoms with Gasteiger partial charge in [0, 0.05) is 18.7 Å². The van der Waals surface area contributed by atoms with Gasteiger partial charge in [-0.3, -0.25) is 4.98 Å². The maximum atomic E-state index is 6.05. The van der Waals surface area contributed by atoms with Crippen LogP contribution in [0.15, 0.2) is 18.3 Å². The minimum atomic E-state index is -0.387. The van der Waals surface area contributed by atoms with E-state index >= 15 is 0 Å². The second-order valence-electron chi connectivity index (χ2n) is 6.66. The average Bonchev–Trinajstić information content (AvgIpc) is 2.97. The van der Waals surface area contributed by atoms with Gasteiger partial charge in [0.05, 0.1) is 23.4 Å². The lowest BCUT2D eigenvalue weighted by Gasteiger charge is -2.32. The zero-order chi connectivity index (χ0) is 14.4. The molecule has 0 bridgehead atoms. The van der Waals surface area contributed by atoms with Crippen molar-refractivity contribution in [2.24, 2.45) is 0 Å². The van der Waals surface area contributed by atoms with E-state index in [-0.39, 0.29) is 18.3 Å². The summed E-state index contributed by atoms with van der Waals surface area (Å²) in [6, 6.07) is 4.16. The number of pyridine rings is 1. The molecular formula is C15H22BNO3. The highest BCUT2D eigenvalue weighted by molar-refractivity contribution is 6.61. The molecule has 3 heterocycles. The molecule has 20 heavy (non-hydrogen) atoms. The predicted octanol–water partition coefficient (Wildman–Crippen LogP) is 1.88. The summed E-state index contributed by atoms with van der Waals surface area (Å²) in [5, 5.41) is 0. The second kappa shape index (κ2) is 4.83. The van der Waals surface area contributed by atoms with Crippen molar-refractivity contribution >= 4 is 12.7 Å². The Morgan fingerprint density at radius 2 is 1.90 bits per heavy atom. The van der Waals surface area contributed by atoms with Crippen LogP contribution in [0.2, 0.25) is 0 Å². The van der Waals surface area contributed by atoms with Crippen molar-refractivity contribution in [1.29, 1.82) is 0 Å². The molecule has 3 rings (SSSR count). The fourth-order valence-corrected chi connectivity index (χ4v) is 2.61. The molecule has 0 amide bonds. The van der Waals surface area contributed by atoms with Gasteiger partial charge in [-0.1, -0.05) is 0 Å². The maximum absolute atomic E-state index is 6.05. The van der Waals surface area contributed by atoms with Crippen LogP contribution in [0.25, 0.3) is 0 Å². The van der Waals surface area contributed by atoms with E-state index in [1.807, 2.05) is 6.20 Å². The Bertz CT molecular complexity index is 482. The minimum absolute atomic E-state index is 0.328. The van der Waals surface area contributed by atoms with E-state index in [1.165, 1.54) is 5.56 Å². The Kier molecular flexibility index (Phi) is 3.39. The highest BCUT2D eigenvalue weighted by Gasteiger charge is 2.52. The fraction of sp³-hybridized carbons (Fsp3) is 0.667. The first-order valence-corrected chi connectivity index (χ1v) is 7.28. The van der Waals surface area contributed by atoms with Crippen molar-refractivity contribution in [3.63, 3.8) is 0 Å². The number of nitrogens with zero attached hydrogens (tertiary/aromatic N) is 1. The molecule has 2 saturated heterocycles. The van der Waals surface area contributed by atoms with Gasteiger partial charge in [-0.15, -0.1) is 0 Å². The fourth-order valence-electron chi connectivity index (χ4n) is 2.61. The molecule has 0 radical (unpaired) electrons. The van der Waals surface area contributed by atoms with E-state index in [0.29, 0.717) is 5.92 Å². The number of ether oxygens (including phenoxy) is 1. The molecule has 1 aromatic heterocycles. The topological polar surface area (TPSA) is 40.6 Å². The molecule has 2 fully saturated rings. The molecule has 0 aliphatic carbocycles. The molecule has 1 atom stereocenters. The normalized spacial score (nSPS) is 28.0. The first-order valence-electron chi connectivity index (χ1n) is 7.28. The third kappa shape index (κ3) is 2.38. The summed E-state index contributed by atoms with van der Waals surface area (Å²) in [5.74, 6) is 0.471. The molecule has 2 aliphatic heterocycles. The highest BCUT2D eigenvalue weighted by atomic mass is 16.7. The Morgan fingerprint density at radius 1 is 1.20 bits per heavy atom. The Balaban J connectivity index is 1.83. The van der Waals surface area contributed by atoms with Gasteiger partial charge >= 0.3 is 7.12 Å². The third-order valence-electron chi connectivity index (χ3n) is 4.70. The van der Waals surface area contributed by atoms with Crippen molar-refractivity contribution in [2.75, 3.05) is 13.2 Å². The largest absolute Gasteiger partial charge is 0.514 e. The monoisotopic (exact) mass is 275 g/mol. The molecule has 108 valence electrons. The van der Waals surface area contributed by atoms with Gasteiger partial charge in [-0.05, 0) is 51.8 Å². The molecule has 2 aliphatic rings. The van der Waals surface area contributed by atoms with Crippen LogP contribution < -0.4 is 5.59 Å². The zero-order valence-electron chi connectivity index (χ0n) is 12.7. The van der Waals surface area contributed by atoms with Crippen molar-refractivity contribution < 1.29 is 14.0 Å². The van der Waals surface area contributed by atoms with E-state index in [2.05, 4.69) is 44.8 Å². The molecular weight excluding hydrogens is 253 g/mol. The van der Waals surface area contributed by atoms with E-state index in [0.717, 1.165) is 25.2 Å². The van der Waals surface area contributed by atoms with Crippen LogP contribution in [-0.2, 0) is 14.0 Å². The van der Waals surface area contributed by atoms with Crippen LogP contribution in [0.1, 0.15) is 45.6 Å². The third-order valence-corrected chi connectivity index (χ3v) is 4.70. The SMILES string of the molecule is CC1(C)OB(c2cc(C3CCOC3)ccn2)OC1(C)C. The maximum Gasteiger partial charge on any atom is 0.514 e. The van der Waals surface area contributed by atoms with Crippen LogP contribution in [0.4, 0.5) is 0 Å². The quantitative estimate of drug-likeness (QED) is 0.773. The summed E-state index contributed by atoms with van der Waals surface area (Å²) in [5.41, 5.74) is 1.47. The van der Waals surface area contributed by atoms with E-state index in [9.17, 15) is 0 Å². The van der Waals surface area contributed by atoms with Crippen LogP contribution >= 0.6 is 0 Å². The Morgan fingerprint density at radius 3 is 2.50 bits per heavy atom. The second-order valence-corrected chi connectivity index (χ2v) is 6.66. The standard InChI is InChI=1S/C15H22BNO3/c1-14(2)15(3,4)20-16(19-14)13-9-11(5-7-17-13)12-6-8-18-10-12/h5,7,9,12H,6,8,10H2,1-4H3. The molecule has 0 N–H and O–H groups in total. The number of hydrogen-bond acceptors (Lipinski definition) is 4. The predicted molar refractivity (Wildman–Crippen MR) is 78.1 cm³/mol. The summed E-state index contributed by atoms with van der Waals surface area (Å²) in [4.78, 5) is 4.43. The smallest absolute Gasteiger partial charge is 0.398 e. The van der Waals surface area contributed by atoms with Gasteiger partial charge in [-0.25, -0.2) is 0 Å². The summed E-state index contributed by atoms with van der Waals surface area (Å²) in [6.45, 7) is 9.87. The lowest BCUT2D eigenvalue weighted by molar-refractivity contribution is 0.00578. The van der Waals surface area contributed by atoms with Crippen LogP contribution in [0.5, 0.6) is 0 Å². The van der Waals surface area contributed by atoms with Gasteiger partial charge in [-0.2, -0.15) is 0 Å². The van der Waals surface area contributed by atoms with E-state index in [4.69, 9.17) is 14.0 Å². The summed E-state index contributed by atoms with van der Waals surface area (Å²) < 4.78 is 17.6. The molecule has 4 nitrogen and oxygen atoms in total. The first-order chi connectivity index (χ1) is 9.39. The van der Waals surface area contributed by atoms with Gasteiger partial charge in [0.25, 0.3) is 0 Å². The van der Waals surface area contributed by atoms with Crippen LogP contribution in [0.3, 0.4) is 0 Å². The van der Waals surface area contributed by atoms with E-state index < -0.39 is 0 Å². The Hall–Kier alpha value is -0.905. The molecule has 1 unspecified atom stereocenters. The summed E-state index contributed by atoms with van der Waals surface area (Å²) in [6.07, 6.45) is 2.92. The summed E-state index contributed by atoms with van der Waals surface area (Å²) >= 11 is 0. The van der Waals surface area contributed by atoms with Crippen molar-refractivity contribution in [3.8, 4) is 0 Å². The van der Waals surface area contributed by atoms with Crippen LogP contribution in [-0.4, -0.2) is 36.5 Å². The minimum Gasteiger partial charge on any atom is -0.398 e. The van der Waals surface area contributed by atoms with Crippen molar-refractivity contribution in [1.82, 2.24) is 4.98 Å². The summed E-state index contributed by atoms with van der Waals surface area (Å²) in [7, 11) is -0.387. The van der Waals surface area contributed by atoms with E-state index in [1.54, 1.807) is 0 Å². The van der Waals surface area contributed by atoms with Crippen molar-refractivity contribution in [2.45, 2.75) is 51.2 Å². The van der Waals surface area contributed by atoms with Crippen molar-refractivity contribution in [3.05, 3.63) is 23.9 Å². The average molecular weight is 275 g/mol. The lowest BCUT2D eigenvalue weighted by atomic mass is 9.82. The number of aromatic nitrogens is 1. The lowest BCUT2D eigenvalue weighted by Crippen LogP contribution is -2.41. The Labute approximate surface area is 121 Å². The first kappa shape index (κ1) is 14.0. The number of rotatable bonds is 2.